The molecule has 0 radical (unpaired) electrons. The molecule has 0 amide bonds. The normalized spacial score (nSPS) is 19.9. The van der Waals surface area contributed by atoms with E-state index in [1.54, 1.807) is 14.1 Å². The lowest BCUT2D eigenvalue weighted by molar-refractivity contribution is 0.692. The van der Waals surface area contributed by atoms with Gasteiger partial charge in [-0.25, -0.2) is 4.99 Å². The molecule has 0 spiro atoms. The maximum absolute atomic E-state index is 5.67. The highest BCUT2D eigenvalue weighted by molar-refractivity contribution is 6.11. The molecule has 20 heavy (non-hydrogen) atoms. The number of amidine groups is 1. The van der Waals surface area contributed by atoms with Crippen LogP contribution in [0.1, 0.15) is 6.92 Å². The second-order valence-corrected chi connectivity index (χ2v) is 4.06. The van der Waals surface area contributed by atoms with Crippen LogP contribution in [0.2, 0.25) is 0 Å². The highest BCUT2D eigenvalue weighted by Crippen LogP contribution is 2.11. The Kier molecular flexibility index (Phi) is 6.99. The van der Waals surface area contributed by atoms with E-state index < -0.39 is 0 Å². The maximum Gasteiger partial charge on any atom is 0.115 e. The van der Waals surface area contributed by atoms with E-state index in [-0.39, 0.29) is 0 Å². The molecule has 0 aromatic rings. The fourth-order valence-corrected chi connectivity index (χ4v) is 1.63. The van der Waals surface area contributed by atoms with Crippen molar-refractivity contribution in [3.8, 4) is 0 Å². The van der Waals surface area contributed by atoms with E-state index in [9.17, 15) is 0 Å². The zero-order valence-corrected chi connectivity index (χ0v) is 12.2. The van der Waals surface area contributed by atoms with E-state index in [0.717, 1.165) is 17.0 Å². The third kappa shape index (κ3) is 5.19. The second-order valence-electron chi connectivity index (χ2n) is 4.06. The van der Waals surface area contributed by atoms with E-state index in [4.69, 9.17) is 5.73 Å². The minimum atomic E-state index is 0.500. The monoisotopic (exact) mass is 274 g/mol. The van der Waals surface area contributed by atoms with Crippen LogP contribution in [0.25, 0.3) is 0 Å². The van der Waals surface area contributed by atoms with Gasteiger partial charge in [-0.2, -0.15) is 0 Å². The van der Waals surface area contributed by atoms with Gasteiger partial charge in [-0.3, -0.25) is 15.3 Å². The van der Waals surface area contributed by atoms with Gasteiger partial charge in [0.05, 0.1) is 18.9 Å². The average Bonchev–Trinajstić information content (AvgIpc) is 2.49. The number of nitrogens with zero attached hydrogens (tertiary/aromatic N) is 3. The number of nitrogens with two attached hydrogens (primary N) is 1. The molecule has 0 fully saturated rings. The molecule has 1 rings (SSSR count). The van der Waals surface area contributed by atoms with Gasteiger partial charge in [0, 0.05) is 19.8 Å². The minimum Gasteiger partial charge on any atom is -0.386 e. The molecule has 0 atom stereocenters. The number of rotatable bonds is 6. The van der Waals surface area contributed by atoms with Gasteiger partial charge in [-0.1, -0.05) is 6.08 Å². The van der Waals surface area contributed by atoms with Crippen molar-refractivity contribution in [2.75, 3.05) is 27.3 Å². The molecule has 0 heterocycles. The van der Waals surface area contributed by atoms with Crippen LogP contribution in [0.4, 0.5) is 0 Å². The summed E-state index contributed by atoms with van der Waals surface area (Å²) in [4.78, 5) is 11.9. The Morgan fingerprint density at radius 2 is 2.15 bits per heavy atom. The van der Waals surface area contributed by atoms with Gasteiger partial charge in [0.1, 0.15) is 12.2 Å². The molecule has 1 aliphatic carbocycles. The summed E-state index contributed by atoms with van der Waals surface area (Å²) in [6.45, 7) is 3.11. The minimum absolute atomic E-state index is 0.500. The van der Waals surface area contributed by atoms with Crippen LogP contribution in [0, 0.1) is 0 Å². The molecule has 0 saturated heterocycles. The van der Waals surface area contributed by atoms with Gasteiger partial charge < -0.3 is 11.1 Å². The number of hydrogen-bond acceptors (Lipinski definition) is 4. The van der Waals surface area contributed by atoms with Crippen molar-refractivity contribution in [2.24, 2.45) is 20.7 Å². The SMILES string of the molecule is C/C=C1/C=C(NCNCC(N)=NC=NC)C=CC1=NC. The molecule has 1 aliphatic rings. The van der Waals surface area contributed by atoms with Crippen LogP contribution in [0.15, 0.2) is 50.6 Å². The van der Waals surface area contributed by atoms with Gasteiger partial charge >= 0.3 is 0 Å². The fourth-order valence-electron chi connectivity index (χ4n) is 1.63. The first kappa shape index (κ1) is 15.8. The van der Waals surface area contributed by atoms with Crippen LogP contribution >= 0.6 is 0 Å². The highest BCUT2D eigenvalue weighted by atomic mass is 15.1. The molecule has 0 aromatic heterocycles. The number of aliphatic imine (C=N–C) groups is 3. The van der Waals surface area contributed by atoms with E-state index in [0.29, 0.717) is 19.0 Å². The molecule has 6 nitrogen and oxygen atoms in total. The Hall–Kier alpha value is -2.21. The first-order chi connectivity index (χ1) is 9.71. The third-order valence-corrected chi connectivity index (χ3v) is 2.64. The standard InChI is InChI=1S/C14H22N6/c1-4-11-7-12(5-6-13(11)17-3)19-10-18-8-14(15)20-9-16-2/h4-7,9,18-19H,8,10H2,1-3H3,(H2,15,16,20)/b11-4-,17-13?. The molecule has 0 aromatic carbocycles. The van der Waals surface area contributed by atoms with Gasteiger partial charge in [0.2, 0.25) is 0 Å². The van der Waals surface area contributed by atoms with Crippen LogP contribution in [-0.4, -0.2) is 45.2 Å². The average molecular weight is 274 g/mol. The summed E-state index contributed by atoms with van der Waals surface area (Å²) in [5.74, 6) is 0.500. The Morgan fingerprint density at radius 3 is 2.80 bits per heavy atom. The lowest BCUT2D eigenvalue weighted by Gasteiger charge is -2.14. The van der Waals surface area contributed by atoms with Crippen molar-refractivity contribution in [2.45, 2.75) is 6.92 Å². The summed E-state index contributed by atoms with van der Waals surface area (Å²) in [7, 11) is 3.44. The molecule has 6 heteroatoms. The number of nitrogens with one attached hydrogen (secondary N) is 2. The first-order valence-electron chi connectivity index (χ1n) is 6.41. The van der Waals surface area contributed by atoms with Crippen LogP contribution in [0.3, 0.4) is 0 Å². The van der Waals surface area contributed by atoms with Gasteiger partial charge in [0.25, 0.3) is 0 Å². The summed E-state index contributed by atoms with van der Waals surface area (Å²) < 4.78 is 0. The van der Waals surface area contributed by atoms with Crippen LogP contribution in [0.5, 0.6) is 0 Å². The molecular formula is C14H22N6. The summed E-state index contributed by atoms with van der Waals surface area (Å²) in [6.07, 6.45) is 9.52. The largest absolute Gasteiger partial charge is 0.386 e. The van der Waals surface area contributed by atoms with Crippen molar-refractivity contribution in [1.82, 2.24) is 10.6 Å². The maximum atomic E-state index is 5.67. The number of hydrogen-bond donors (Lipinski definition) is 3. The first-order valence-corrected chi connectivity index (χ1v) is 6.41. The zero-order valence-electron chi connectivity index (χ0n) is 12.2. The molecular weight excluding hydrogens is 252 g/mol. The quantitative estimate of drug-likeness (QED) is 0.287. The van der Waals surface area contributed by atoms with Crippen LogP contribution in [-0.2, 0) is 0 Å². The predicted octanol–water partition coefficient (Wildman–Crippen LogP) is 0.609. The Morgan fingerprint density at radius 1 is 1.35 bits per heavy atom. The summed E-state index contributed by atoms with van der Waals surface area (Å²) >= 11 is 0. The molecule has 0 bridgehead atoms. The second kappa shape index (κ2) is 8.82. The smallest absolute Gasteiger partial charge is 0.115 e. The van der Waals surface area contributed by atoms with E-state index >= 15 is 0 Å². The molecule has 0 aliphatic heterocycles. The molecule has 0 saturated carbocycles. The van der Waals surface area contributed by atoms with Crippen molar-refractivity contribution in [3.63, 3.8) is 0 Å². The Balaban J connectivity index is 2.40. The molecule has 0 unspecified atom stereocenters. The van der Waals surface area contributed by atoms with Gasteiger partial charge in [0.15, 0.2) is 0 Å². The van der Waals surface area contributed by atoms with Crippen molar-refractivity contribution in [3.05, 3.63) is 35.6 Å². The molecule has 4 N–H and O–H groups in total. The summed E-state index contributed by atoms with van der Waals surface area (Å²) in [5, 5.41) is 6.41. The summed E-state index contributed by atoms with van der Waals surface area (Å²) in [5.41, 5.74) is 8.80. The lowest BCUT2D eigenvalue weighted by Crippen LogP contribution is -2.35. The molecule has 108 valence electrons. The van der Waals surface area contributed by atoms with Gasteiger partial charge in [-0.05, 0) is 30.7 Å². The fraction of sp³-hybridized carbons (Fsp3) is 0.357. The van der Waals surface area contributed by atoms with E-state index in [2.05, 4.69) is 31.7 Å². The lowest BCUT2D eigenvalue weighted by atomic mass is 10.0. The Labute approximate surface area is 120 Å². The van der Waals surface area contributed by atoms with Crippen molar-refractivity contribution >= 4 is 17.9 Å². The third-order valence-electron chi connectivity index (χ3n) is 2.64. The predicted molar refractivity (Wildman–Crippen MR) is 86.4 cm³/mol. The topological polar surface area (TPSA) is 87.2 Å². The highest BCUT2D eigenvalue weighted by Gasteiger charge is 2.06. The van der Waals surface area contributed by atoms with Crippen molar-refractivity contribution in [1.29, 1.82) is 0 Å². The van der Waals surface area contributed by atoms with Gasteiger partial charge in [-0.15, -0.1) is 0 Å². The number of allylic oxidation sites excluding steroid dienone is 5. The van der Waals surface area contributed by atoms with Crippen LogP contribution < -0.4 is 16.4 Å². The van der Waals surface area contributed by atoms with E-state index in [1.807, 2.05) is 25.2 Å². The van der Waals surface area contributed by atoms with E-state index in [1.165, 1.54) is 6.34 Å². The summed E-state index contributed by atoms with van der Waals surface area (Å²) in [6, 6.07) is 0. The Bertz CT molecular complexity index is 494. The zero-order chi connectivity index (χ0) is 14.8. The van der Waals surface area contributed by atoms with Crippen molar-refractivity contribution < 1.29 is 0 Å².